The van der Waals surface area contributed by atoms with Crippen molar-refractivity contribution in [3.05, 3.63) is 40.5 Å². The maximum Gasteiger partial charge on any atom is 0.451 e. The van der Waals surface area contributed by atoms with Gasteiger partial charge in [-0.15, -0.1) is 11.3 Å². The van der Waals surface area contributed by atoms with Crippen LogP contribution in [0.1, 0.15) is 29.6 Å². The molecule has 2 aromatic heterocycles. The Kier molecular flexibility index (Phi) is 5.84. The Hall–Kier alpha value is -2.24. The average molecular weight is 445 g/mol. The predicted molar refractivity (Wildman–Crippen MR) is 107 cm³/mol. The molecule has 6 nitrogen and oxygen atoms in total. The number of anilines is 2. The van der Waals surface area contributed by atoms with Crippen LogP contribution in [-0.4, -0.2) is 24.9 Å². The van der Waals surface area contributed by atoms with Crippen LogP contribution in [-0.2, 0) is 16.2 Å². The third-order valence-corrected chi connectivity index (χ3v) is 6.83. The van der Waals surface area contributed by atoms with E-state index in [1.165, 1.54) is 35.6 Å². The summed E-state index contributed by atoms with van der Waals surface area (Å²) in [6.45, 7) is 5.77. The fraction of sp³-hybridized carbons (Fsp3) is 0.333. The first kappa shape index (κ1) is 21.5. The van der Waals surface area contributed by atoms with Gasteiger partial charge in [-0.3, -0.25) is 0 Å². The van der Waals surface area contributed by atoms with Gasteiger partial charge < -0.3 is 5.32 Å². The van der Waals surface area contributed by atoms with Crippen molar-refractivity contribution in [3.8, 4) is 0 Å². The molecule has 2 heterocycles. The van der Waals surface area contributed by atoms with Gasteiger partial charge in [0, 0.05) is 17.1 Å². The summed E-state index contributed by atoms with van der Waals surface area (Å²) in [7, 11) is -3.63. The Morgan fingerprint density at radius 2 is 1.76 bits per heavy atom. The molecule has 0 aliphatic carbocycles. The van der Waals surface area contributed by atoms with Gasteiger partial charge in [0.05, 0.1) is 10.3 Å². The van der Waals surface area contributed by atoms with E-state index in [1.807, 2.05) is 13.8 Å². The molecule has 1 aromatic carbocycles. The van der Waals surface area contributed by atoms with Crippen LogP contribution < -0.4 is 10.0 Å². The monoisotopic (exact) mass is 444 g/mol. The van der Waals surface area contributed by atoms with Crippen molar-refractivity contribution in [3.63, 3.8) is 0 Å². The number of halogens is 3. The van der Waals surface area contributed by atoms with Crippen molar-refractivity contribution in [1.29, 1.82) is 0 Å². The van der Waals surface area contributed by atoms with Gasteiger partial charge in [-0.2, -0.15) is 13.2 Å². The second kappa shape index (κ2) is 7.88. The lowest BCUT2D eigenvalue weighted by atomic mass is 10.2. The molecule has 0 fully saturated rings. The number of hydrogen-bond donors (Lipinski definition) is 2. The minimum absolute atomic E-state index is 0.0314. The van der Waals surface area contributed by atoms with Gasteiger partial charge in [0.15, 0.2) is 0 Å². The minimum atomic E-state index is -4.68. The minimum Gasteiger partial charge on any atom is -0.340 e. The fourth-order valence-electron chi connectivity index (χ4n) is 2.64. The number of aromatic nitrogens is 2. The number of benzene rings is 1. The summed E-state index contributed by atoms with van der Waals surface area (Å²) in [6, 6.07) is 5.73. The Morgan fingerprint density at radius 3 is 2.34 bits per heavy atom. The zero-order chi connectivity index (χ0) is 21.4. The van der Waals surface area contributed by atoms with Crippen molar-refractivity contribution < 1.29 is 21.6 Å². The van der Waals surface area contributed by atoms with Gasteiger partial charge in [-0.1, -0.05) is 6.92 Å². The number of fused-ring (bicyclic) bond motifs is 1. The van der Waals surface area contributed by atoms with E-state index < -0.39 is 22.0 Å². The highest BCUT2D eigenvalue weighted by molar-refractivity contribution is 7.89. The molecule has 3 rings (SSSR count). The van der Waals surface area contributed by atoms with E-state index in [1.54, 1.807) is 6.92 Å². The van der Waals surface area contributed by atoms with E-state index in [0.717, 1.165) is 10.4 Å². The van der Waals surface area contributed by atoms with Crippen LogP contribution in [0.25, 0.3) is 10.2 Å². The van der Waals surface area contributed by atoms with Gasteiger partial charge in [0.25, 0.3) is 0 Å². The predicted octanol–water partition coefficient (Wildman–Crippen LogP) is 4.76. The second-order valence-electron chi connectivity index (χ2n) is 6.40. The molecule has 11 heteroatoms. The number of rotatable bonds is 6. The van der Waals surface area contributed by atoms with Crippen molar-refractivity contribution in [2.45, 2.75) is 38.3 Å². The molecule has 0 radical (unpaired) electrons. The highest BCUT2D eigenvalue weighted by atomic mass is 32.2. The quantitative estimate of drug-likeness (QED) is 0.573. The molecule has 0 spiro atoms. The van der Waals surface area contributed by atoms with Crippen molar-refractivity contribution >= 4 is 43.1 Å². The molecule has 3 aromatic rings. The topological polar surface area (TPSA) is 84.0 Å². The summed E-state index contributed by atoms with van der Waals surface area (Å²) in [5.74, 6) is -1.19. The molecule has 0 unspecified atom stereocenters. The third kappa shape index (κ3) is 4.51. The summed E-state index contributed by atoms with van der Waals surface area (Å²) in [6.07, 6.45) is -4.02. The first-order chi connectivity index (χ1) is 13.5. The SMILES string of the molecule is CCCNS(=O)(=O)c1ccc(Nc2nc(C(F)(F)F)nc3sc(C)c(C)c23)cc1. The van der Waals surface area contributed by atoms with E-state index >= 15 is 0 Å². The van der Waals surface area contributed by atoms with Crippen LogP contribution in [0.3, 0.4) is 0 Å². The van der Waals surface area contributed by atoms with Crippen molar-refractivity contribution in [2.75, 3.05) is 11.9 Å². The van der Waals surface area contributed by atoms with Crippen LogP contribution in [0, 0.1) is 13.8 Å². The van der Waals surface area contributed by atoms with Crippen LogP contribution in [0.15, 0.2) is 29.2 Å². The van der Waals surface area contributed by atoms with Gasteiger partial charge >= 0.3 is 6.18 Å². The van der Waals surface area contributed by atoms with Crippen LogP contribution >= 0.6 is 11.3 Å². The smallest absolute Gasteiger partial charge is 0.340 e. The lowest BCUT2D eigenvalue weighted by Gasteiger charge is -2.12. The summed E-state index contributed by atoms with van der Waals surface area (Å²) >= 11 is 1.17. The molecule has 0 atom stereocenters. The third-order valence-electron chi connectivity index (χ3n) is 4.25. The van der Waals surface area contributed by atoms with E-state index in [-0.39, 0.29) is 15.5 Å². The first-order valence-electron chi connectivity index (χ1n) is 8.74. The largest absolute Gasteiger partial charge is 0.451 e. The Bertz CT molecular complexity index is 1140. The molecule has 0 amide bonds. The first-order valence-corrected chi connectivity index (χ1v) is 11.0. The lowest BCUT2D eigenvalue weighted by molar-refractivity contribution is -0.144. The zero-order valence-electron chi connectivity index (χ0n) is 15.9. The van der Waals surface area contributed by atoms with E-state index in [4.69, 9.17) is 0 Å². The molecular weight excluding hydrogens is 425 g/mol. The highest BCUT2D eigenvalue weighted by Crippen LogP contribution is 2.37. The van der Waals surface area contributed by atoms with Crippen molar-refractivity contribution in [1.82, 2.24) is 14.7 Å². The summed E-state index contributed by atoms with van der Waals surface area (Å²) in [5, 5.41) is 3.39. The average Bonchev–Trinajstić information content (AvgIpc) is 2.94. The fourth-order valence-corrected chi connectivity index (χ4v) is 4.80. The normalized spacial score (nSPS) is 12.5. The van der Waals surface area contributed by atoms with Crippen LogP contribution in [0.5, 0.6) is 0 Å². The molecular formula is C18H19F3N4O2S2. The molecule has 0 saturated carbocycles. The number of nitrogens with zero attached hydrogens (tertiary/aromatic N) is 2. The molecule has 156 valence electrons. The number of thiophene rings is 1. The molecule has 0 aliphatic rings. The van der Waals surface area contributed by atoms with Crippen LogP contribution in [0.2, 0.25) is 0 Å². The zero-order valence-corrected chi connectivity index (χ0v) is 17.5. The van der Waals surface area contributed by atoms with Gasteiger partial charge in [0.2, 0.25) is 15.8 Å². The molecule has 0 bridgehead atoms. The van der Waals surface area contributed by atoms with Gasteiger partial charge in [0.1, 0.15) is 10.6 Å². The maximum atomic E-state index is 13.2. The Balaban J connectivity index is 1.99. The highest BCUT2D eigenvalue weighted by Gasteiger charge is 2.36. The maximum absolute atomic E-state index is 13.2. The van der Waals surface area contributed by atoms with E-state index in [2.05, 4.69) is 20.0 Å². The summed E-state index contributed by atoms with van der Waals surface area (Å²) in [5.41, 5.74) is 1.21. The van der Waals surface area contributed by atoms with Gasteiger partial charge in [-0.05, 0) is 50.1 Å². The number of alkyl halides is 3. The summed E-state index contributed by atoms with van der Waals surface area (Å²) in [4.78, 5) is 8.51. The van der Waals surface area contributed by atoms with E-state index in [9.17, 15) is 21.6 Å². The van der Waals surface area contributed by atoms with Crippen LogP contribution in [0.4, 0.5) is 24.7 Å². The van der Waals surface area contributed by atoms with Gasteiger partial charge in [-0.25, -0.2) is 23.1 Å². The lowest BCUT2D eigenvalue weighted by Crippen LogP contribution is -2.24. The molecule has 2 N–H and O–H groups in total. The molecule has 0 saturated heterocycles. The number of sulfonamides is 1. The standard InChI is InChI=1S/C18H19F3N4O2S2/c1-4-9-22-29(26,27)13-7-5-12(6-8-13)23-15-14-10(2)11(3)28-16(14)25-17(24-15)18(19,20)21/h5-8,22H,4,9H2,1-3H3,(H,23,24,25). The Labute approximate surface area is 170 Å². The number of hydrogen-bond acceptors (Lipinski definition) is 6. The molecule has 0 aliphatic heterocycles. The molecule has 29 heavy (non-hydrogen) atoms. The Morgan fingerprint density at radius 1 is 1.10 bits per heavy atom. The van der Waals surface area contributed by atoms with E-state index in [0.29, 0.717) is 24.0 Å². The number of aryl methyl sites for hydroxylation is 2. The number of nitrogens with one attached hydrogen (secondary N) is 2. The summed E-state index contributed by atoms with van der Waals surface area (Å²) < 4.78 is 66.4. The van der Waals surface area contributed by atoms with Crippen molar-refractivity contribution in [2.24, 2.45) is 0 Å². The second-order valence-corrected chi connectivity index (χ2v) is 9.37.